The molecule has 0 radical (unpaired) electrons. The fraction of sp³-hybridized carbons (Fsp3) is 0.909. The average molecular weight is 201 g/mol. The van der Waals surface area contributed by atoms with E-state index in [1.165, 1.54) is 0 Å². The lowest BCUT2D eigenvalue weighted by Crippen LogP contribution is -2.22. The topological polar surface area (TPSA) is 41.8 Å². The molecule has 0 fully saturated rings. The molecule has 0 aliphatic heterocycles. The minimum atomic E-state index is -0.0377. The van der Waals surface area contributed by atoms with Crippen molar-refractivity contribution < 1.29 is 9.94 Å². The Kier molecular flexibility index (Phi) is 5.77. The van der Waals surface area contributed by atoms with Crippen molar-refractivity contribution in [2.75, 3.05) is 7.11 Å². The van der Waals surface area contributed by atoms with Crippen molar-refractivity contribution in [2.45, 2.75) is 52.6 Å². The normalized spacial score (nSPS) is 15.6. The van der Waals surface area contributed by atoms with Gasteiger partial charge < -0.3 is 9.94 Å². The van der Waals surface area contributed by atoms with E-state index in [2.05, 4.69) is 25.9 Å². The molecule has 0 heterocycles. The minimum Gasteiger partial charge on any atom is -0.411 e. The van der Waals surface area contributed by atoms with Crippen molar-refractivity contribution in [3.05, 3.63) is 0 Å². The highest BCUT2D eigenvalue weighted by molar-refractivity contribution is 5.83. The van der Waals surface area contributed by atoms with Crippen LogP contribution in [-0.2, 0) is 4.74 Å². The summed E-state index contributed by atoms with van der Waals surface area (Å²) in [5.41, 5.74) is 0.768. The van der Waals surface area contributed by atoms with Crippen LogP contribution in [-0.4, -0.2) is 23.6 Å². The van der Waals surface area contributed by atoms with Gasteiger partial charge in [0.15, 0.2) is 0 Å². The van der Waals surface area contributed by atoms with Crippen LogP contribution in [0.2, 0.25) is 0 Å². The SMILES string of the molecule is COC(C)(C)CCCC(C)/C(C)=N/O. The molecule has 1 unspecified atom stereocenters. The zero-order valence-electron chi connectivity index (χ0n) is 10.0. The van der Waals surface area contributed by atoms with Gasteiger partial charge in [-0.15, -0.1) is 0 Å². The van der Waals surface area contributed by atoms with Gasteiger partial charge in [0, 0.05) is 7.11 Å². The lowest BCUT2D eigenvalue weighted by Gasteiger charge is -2.23. The van der Waals surface area contributed by atoms with Crippen LogP contribution in [0.3, 0.4) is 0 Å². The van der Waals surface area contributed by atoms with Gasteiger partial charge in [-0.1, -0.05) is 12.1 Å². The summed E-state index contributed by atoms with van der Waals surface area (Å²) in [4.78, 5) is 0. The van der Waals surface area contributed by atoms with Crippen molar-refractivity contribution in [2.24, 2.45) is 11.1 Å². The molecule has 3 heteroatoms. The lowest BCUT2D eigenvalue weighted by atomic mass is 9.94. The smallest absolute Gasteiger partial charge is 0.0622 e. The summed E-state index contributed by atoms with van der Waals surface area (Å²) >= 11 is 0. The predicted molar refractivity (Wildman–Crippen MR) is 59.0 cm³/mol. The Labute approximate surface area is 87.1 Å². The third-order valence-electron chi connectivity index (χ3n) is 2.84. The third-order valence-corrected chi connectivity index (χ3v) is 2.84. The molecule has 0 aromatic heterocycles. The molecule has 0 saturated carbocycles. The van der Waals surface area contributed by atoms with Gasteiger partial charge in [0.2, 0.25) is 0 Å². The van der Waals surface area contributed by atoms with Crippen molar-refractivity contribution in [1.82, 2.24) is 0 Å². The molecule has 0 aliphatic rings. The number of methoxy groups -OCH3 is 1. The molecule has 1 atom stereocenters. The maximum atomic E-state index is 8.57. The molecule has 0 aromatic rings. The first kappa shape index (κ1) is 13.4. The first-order valence-electron chi connectivity index (χ1n) is 5.16. The maximum absolute atomic E-state index is 8.57. The van der Waals surface area contributed by atoms with Crippen molar-refractivity contribution in [3.63, 3.8) is 0 Å². The van der Waals surface area contributed by atoms with Gasteiger partial charge >= 0.3 is 0 Å². The highest BCUT2D eigenvalue weighted by Crippen LogP contribution is 2.19. The van der Waals surface area contributed by atoms with Crippen LogP contribution in [0.4, 0.5) is 0 Å². The van der Waals surface area contributed by atoms with E-state index in [4.69, 9.17) is 9.94 Å². The first-order valence-corrected chi connectivity index (χ1v) is 5.16. The summed E-state index contributed by atoms with van der Waals surface area (Å²) in [5.74, 6) is 0.354. The van der Waals surface area contributed by atoms with E-state index in [1.807, 2.05) is 6.92 Å². The molecule has 0 aliphatic carbocycles. The third kappa shape index (κ3) is 5.22. The van der Waals surface area contributed by atoms with Crippen LogP contribution < -0.4 is 0 Å². The Morgan fingerprint density at radius 1 is 1.50 bits per heavy atom. The van der Waals surface area contributed by atoms with Gasteiger partial charge in [-0.05, 0) is 46.0 Å². The molecule has 0 rings (SSSR count). The fourth-order valence-electron chi connectivity index (χ4n) is 1.24. The quantitative estimate of drug-likeness (QED) is 0.407. The van der Waals surface area contributed by atoms with Crippen LogP contribution in [0.1, 0.15) is 47.0 Å². The maximum Gasteiger partial charge on any atom is 0.0622 e. The van der Waals surface area contributed by atoms with Gasteiger partial charge in [-0.2, -0.15) is 0 Å². The van der Waals surface area contributed by atoms with Gasteiger partial charge in [-0.3, -0.25) is 0 Å². The molecule has 1 N–H and O–H groups in total. The molecule has 0 saturated heterocycles. The van der Waals surface area contributed by atoms with E-state index >= 15 is 0 Å². The summed E-state index contributed by atoms with van der Waals surface area (Å²) in [6.07, 6.45) is 3.17. The number of hydrogen-bond acceptors (Lipinski definition) is 3. The van der Waals surface area contributed by atoms with Crippen LogP contribution in [0.25, 0.3) is 0 Å². The summed E-state index contributed by atoms with van der Waals surface area (Å²) < 4.78 is 5.33. The predicted octanol–water partition coefficient (Wildman–Crippen LogP) is 3.07. The van der Waals surface area contributed by atoms with E-state index in [0.29, 0.717) is 5.92 Å². The summed E-state index contributed by atoms with van der Waals surface area (Å²) in [6, 6.07) is 0. The van der Waals surface area contributed by atoms with E-state index in [-0.39, 0.29) is 5.60 Å². The molecule has 0 aromatic carbocycles. The second-order valence-electron chi connectivity index (χ2n) is 4.50. The Balaban J connectivity index is 3.75. The Hall–Kier alpha value is -0.570. The number of rotatable bonds is 6. The molecule has 0 bridgehead atoms. The Bertz CT molecular complexity index is 188. The van der Waals surface area contributed by atoms with E-state index in [1.54, 1.807) is 7.11 Å². The van der Waals surface area contributed by atoms with E-state index in [9.17, 15) is 0 Å². The van der Waals surface area contributed by atoms with Crippen LogP contribution in [0.15, 0.2) is 5.16 Å². The van der Waals surface area contributed by atoms with Crippen molar-refractivity contribution in [3.8, 4) is 0 Å². The number of nitrogens with zero attached hydrogens (tertiary/aromatic N) is 1. The second-order valence-corrected chi connectivity index (χ2v) is 4.50. The molecular weight excluding hydrogens is 178 g/mol. The zero-order valence-corrected chi connectivity index (χ0v) is 10.0. The average Bonchev–Trinajstić information content (AvgIpc) is 2.16. The van der Waals surface area contributed by atoms with Gasteiger partial charge in [0.05, 0.1) is 11.3 Å². The molecule has 14 heavy (non-hydrogen) atoms. The second kappa shape index (κ2) is 6.02. The Morgan fingerprint density at radius 3 is 2.50 bits per heavy atom. The number of hydrogen-bond donors (Lipinski definition) is 1. The van der Waals surface area contributed by atoms with Crippen molar-refractivity contribution in [1.29, 1.82) is 0 Å². The number of ether oxygens (including phenoxy) is 1. The highest BCUT2D eigenvalue weighted by atomic mass is 16.5. The van der Waals surface area contributed by atoms with E-state index in [0.717, 1.165) is 25.0 Å². The molecule has 0 amide bonds. The van der Waals surface area contributed by atoms with Gasteiger partial charge in [-0.25, -0.2) is 0 Å². The Morgan fingerprint density at radius 2 is 2.07 bits per heavy atom. The van der Waals surface area contributed by atoms with Crippen LogP contribution in [0, 0.1) is 5.92 Å². The monoisotopic (exact) mass is 201 g/mol. The standard InChI is InChI=1S/C11H23NO2/c1-9(10(2)12-13)7-6-8-11(3,4)14-5/h9,13H,6-8H2,1-5H3/b12-10+. The summed E-state index contributed by atoms with van der Waals surface area (Å²) in [7, 11) is 1.74. The summed E-state index contributed by atoms with van der Waals surface area (Å²) in [5, 5.41) is 11.8. The van der Waals surface area contributed by atoms with Gasteiger partial charge in [0.1, 0.15) is 0 Å². The molecular formula is C11H23NO2. The lowest BCUT2D eigenvalue weighted by molar-refractivity contribution is 0.0131. The fourth-order valence-corrected chi connectivity index (χ4v) is 1.24. The largest absolute Gasteiger partial charge is 0.411 e. The number of oxime groups is 1. The summed E-state index contributed by atoms with van der Waals surface area (Å²) in [6.45, 7) is 8.11. The first-order chi connectivity index (χ1) is 6.43. The van der Waals surface area contributed by atoms with Crippen LogP contribution in [0.5, 0.6) is 0 Å². The highest BCUT2D eigenvalue weighted by Gasteiger charge is 2.16. The molecule has 3 nitrogen and oxygen atoms in total. The van der Waals surface area contributed by atoms with Crippen molar-refractivity contribution >= 4 is 5.71 Å². The zero-order chi connectivity index (χ0) is 11.2. The molecule has 84 valence electrons. The minimum absolute atomic E-state index is 0.0377. The van der Waals surface area contributed by atoms with E-state index < -0.39 is 0 Å². The van der Waals surface area contributed by atoms with Gasteiger partial charge in [0.25, 0.3) is 0 Å². The van der Waals surface area contributed by atoms with Crippen LogP contribution >= 0.6 is 0 Å². The molecule has 0 spiro atoms.